The third-order valence-corrected chi connectivity index (χ3v) is 3.29. The van der Waals surface area contributed by atoms with E-state index in [2.05, 4.69) is 31.2 Å². The van der Waals surface area contributed by atoms with E-state index in [0.717, 1.165) is 26.1 Å². The number of hydrogen-bond acceptors (Lipinski definition) is 2. The minimum absolute atomic E-state index is 0.351. The van der Waals surface area contributed by atoms with E-state index in [-0.39, 0.29) is 5.79 Å². The van der Waals surface area contributed by atoms with E-state index in [0.29, 0.717) is 0 Å². The SMILES string of the molecule is CCCCCC1(Cc2ccccc2)OCCO1. The Morgan fingerprint density at radius 1 is 1.06 bits per heavy atom. The summed E-state index contributed by atoms with van der Waals surface area (Å²) in [6.07, 6.45) is 5.56. The Morgan fingerprint density at radius 3 is 2.41 bits per heavy atom. The summed E-state index contributed by atoms with van der Waals surface area (Å²) in [7, 11) is 0. The van der Waals surface area contributed by atoms with Crippen LogP contribution >= 0.6 is 0 Å². The normalized spacial score (nSPS) is 18.4. The first-order valence-electron chi connectivity index (χ1n) is 6.66. The van der Waals surface area contributed by atoms with E-state index < -0.39 is 0 Å². The first-order valence-corrected chi connectivity index (χ1v) is 6.66. The van der Waals surface area contributed by atoms with Crippen LogP contribution in [0.4, 0.5) is 0 Å². The Kier molecular flexibility index (Phi) is 4.57. The molecule has 1 aliphatic heterocycles. The molecule has 0 N–H and O–H groups in total. The summed E-state index contributed by atoms with van der Waals surface area (Å²) in [4.78, 5) is 0. The van der Waals surface area contributed by atoms with Crippen molar-refractivity contribution in [2.75, 3.05) is 13.2 Å². The second kappa shape index (κ2) is 6.18. The fraction of sp³-hybridized carbons (Fsp3) is 0.600. The molecule has 0 spiro atoms. The molecule has 0 amide bonds. The van der Waals surface area contributed by atoms with E-state index in [1.54, 1.807) is 0 Å². The molecule has 94 valence electrons. The van der Waals surface area contributed by atoms with Crippen LogP contribution in [0.5, 0.6) is 0 Å². The summed E-state index contributed by atoms with van der Waals surface area (Å²) < 4.78 is 11.7. The highest BCUT2D eigenvalue weighted by molar-refractivity contribution is 5.16. The van der Waals surface area contributed by atoms with Crippen LogP contribution in [0.25, 0.3) is 0 Å². The predicted molar refractivity (Wildman–Crippen MR) is 68.9 cm³/mol. The molecule has 0 bridgehead atoms. The van der Waals surface area contributed by atoms with Gasteiger partial charge in [-0.15, -0.1) is 0 Å². The molecule has 1 aromatic carbocycles. The van der Waals surface area contributed by atoms with Gasteiger partial charge in [-0.25, -0.2) is 0 Å². The lowest BCUT2D eigenvalue weighted by molar-refractivity contribution is -0.161. The first-order chi connectivity index (χ1) is 8.35. The zero-order chi connectivity index (χ0) is 12.0. The van der Waals surface area contributed by atoms with Gasteiger partial charge in [0.1, 0.15) is 0 Å². The highest BCUT2D eigenvalue weighted by atomic mass is 16.7. The molecule has 2 rings (SSSR count). The zero-order valence-corrected chi connectivity index (χ0v) is 10.7. The maximum atomic E-state index is 5.87. The molecular weight excluding hydrogens is 212 g/mol. The maximum Gasteiger partial charge on any atom is 0.172 e. The van der Waals surface area contributed by atoms with Crippen molar-refractivity contribution in [1.82, 2.24) is 0 Å². The Labute approximate surface area is 104 Å². The minimum atomic E-state index is -0.351. The number of unbranched alkanes of at least 4 members (excludes halogenated alkanes) is 2. The Hall–Kier alpha value is -0.860. The molecule has 0 unspecified atom stereocenters. The van der Waals surface area contributed by atoms with Crippen molar-refractivity contribution in [2.45, 2.75) is 44.8 Å². The fourth-order valence-electron chi connectivity index (χ4n) is 2.38. The van der Waals surface area contributed by atoms with E-state index in [1.807, 2.05) is 6.07 Å². The van der Waals surface area contributed by atoms with Crippen LogP contribution in [0.1, 0.15) is 38.2 Å². The molecule has 1 heterocycles. The van der Waals surface area contributed by atoms with Gasteiger partial charge in [0.15, 0.2) is 5.79 Å². The molecule has 0 atom stereocenters. The molecule has 0 radical (unpaired) electrons. The summed E-state index contributed by atoms with van der Waals surface area (Å²) in [5.74, 6) is -0.351. The van der Waals surface area contributed by atoms with Crippen molar-refractivity contribution in [3.05, 3.63) is 35.9 Å². The van der Waals surface area contributed by atoms with E-state index in [1.165, 1.54) is 24.8 Å². The molecule has 1 aliphatic rings. The van der Waals surface area contributed by atoms with Crippen LogP contribution in [0, 0.1) is 0 Å². The smallest absolute Gasteiger partial charge is 0.172 e. The topological polar surface area (TPSA) is 18.5 Å². The summed E-state index contributed by atoms with van der Waals surface area (Å²) >= 11 is 0. The molecule has 0 aliphatic carbocycles. The van der Waals surface area contributed by atoms with Gasteiger partial charge in [0.25, 0.3) is 0 Å². The first kappa shape index (κ1) is 12.6. The van der Waals surface area contributed by atoms with Crippen LogP contribution in [-0.4, -0.2) is 19.0 Å². The largest absolute Gasteiger partial charge is 0.347 e. The van der Waals surface area contributed by atoms with Crippen LogP contribution < -0.4 is 0 Å². The van der Waals surface area contributed by atoms with Gasteiger partial charge in [0.2, 0.25) is 0 Å². The van der Waals surface area contributed by atoms with Crippen molar-refractivity contribution < 1.29 is 9.47 Å². The lowest BCUT2D eigenvalue weighted by Gasteiger charge is -2.27. The highest BCUT2D eigenvalue weighted by Gasteiger charge is 2.35. The van der Waals surface area contributed by atoms with Crippen molar-refractivity contribution in [3.8, 4) is 0 Å². The molecule has 2 nitrogen and oxygen atoms in total. The second-order valence-corrected chi connectivity index (χ2v) is 4.73. The average Bonchev–Trinajstić information content (AvgIpc) is 2.80. The van der Waals surface area contributed by atoms with Gasteiger partial charge in [-0.05, 0) is 12.0 Å². The van der Waals surface area contributed by atoms with Crippen LogP contribution in [0.2, 0.25) is 0 Å². The number of rotatable bonds is 6. The van der Waals surface area contributed by atoms with Crippen LogP contribution in [-0.2, 0) is 15.9 Å². The molecule has 17 heavy (non-hydrogen) atoms. The van der Waals surface area contributed by atoms with Gasteiger partial charge in [0.05, 0.1) is 13.2 Å². The molecule has 2 heteroatoms. The summed E-state index contributed by atoms with van der Waals surface area (Å²) in [5, 5.41) is 0. The van der Waals surface area contributed by atoms with Gasteiger partial charge in [-0.1, -0.05) is 50.1 Å². The third kappa shape index (κ3) is 3.55. The Morgan fingerprint density at radius 2 is 1.76 bits per heavy atom. The second-order valence-electron chi connectivity index (χ2n) is 4.73. The van der Waals surface area contributed by atoms with E-state index in [4.69, 9.17) is 9.47 Å². The standard InChI is InChI=1S/C15H22O2/c1-2-3-7-10-15(16-11-12-17-15)13-14-8-5-4-6-9-14/h4-6,8-9H,2-3,7,10-13H2,1H3. The summed E-state index contributed by atoms with van der Waals surface area (Å²) in [5.41, 5.74) is 1.30. The van der Waals surface area contributed by atoms with Crippen molar-refractivity contribution in [3.63, 3.8) is 0 Å². The molecule has 1 saturated heterocycles. The zero-order valence-electron chi connectivity index (χ0n) is 10.7. The van der Waals surface area contributed by atoms with E-state index >= 15 is 0 Å². The van der Waals surface area contributed by atoms with E-state index in [9.17, 15) is 0 Å². The number of hydrogen-bond donors (Lipinski definition) is 0. The molecule has 1 aromatic rings. The predicted octanol–water partition coefficient (Wildman–Crippen LogP) is 3.55. The molecule has 0 aromatic heterocycles. The van der Waals surface area contributed by atoms with Crippen molar-refractivity contribution in [2.24, 2.45) is 0 Å². The molecular formula is C15H22O2. The van der Waals surface area contributed by atoms with Gasteiger partial charge in [-0.3, -0.25) is 0 Å². The third-order valence-electron chi connectivity index (χ3n) is 3.29. The van der Waals surface area contributed by atoms with Crippen molar-refractivity contribution >= 4 is 0 Å². The quantitative estimate of drug-likeness (QED) is 0.701. The lowest BCUT2D eigenvalue weighted by Crippen LogP contribution is -2.32. The Bertz CT molecular complexity index is 315. The Balaban J connectivity index is 1.96. The maximum absolute atomic E-state index is 5.87. The van der Waals surface area contributed by atoms with Crippen LogP contribution in [0.3, 0.4) is 0 Å². The number of ether oxygens (including phenoxy) is 2. The summed E-state index contributed by atoms with van der Waals surface area (Å²) in [6.45, 7) is 3.69. The number of benzene rings is 1. The fourth-order valence-corrected chi connectivity index (χ4v) is 2.38. The van der Waals surface area contributed by atoms with Gasteiger partial charge in [-0.2, -0.15) is 0 Å². The van der Waals surface area contributed by atoms with Crippen molar-refractivity contribution in [1.29, 1.82) is 0 Å². The summed E-state index contributed by atoms with van der Waals surface area (Å²) in [6, 6.07) is 10.5. The van der Waals surface area contributed by atoms with Crippen LogP contribution in [0.15, 0.2) is 30.3 Å². The van der Waals surface area contributed by atoms with Gasteiger partial charge >= 0.3 is 0 Å². The monoisotopic (exact) mass is 234 g/mol. The minimum Gasteiger partial charge on any atom is -0.347 e. The van der Waals surface area contributed by atoms with Gasteiger partial charge in [0, 0.05) is 12.8 Å². The average molecular weight is 234 g/mol. The van der Waals surface area contributed by atoms with Gasteiger partial charge < -0.3 is 9.47 Å². The molecule has 0 saturated carbocycles. The molecule has 1 fully saturated rings. The lowest BCUT2D eigenvalue weighted by atomic mass is 9.99. The highest BCUT2D eigenvalue weighted by Crippen LogP contribution is 2.29.